The molecule has 0 unspecified atom stereocenters. The van der Waals surface area contributed by atoms with Crippen molar-refractivity contribution in [2.24, 2.45) is 0 Å². The summed E-state index contributed by atoms with van der Waals surface area (Å²) in [6.45, 7) is 3.72. The number of halogens is 4. The number of rotatable bonds is 5. The van der Waals surface area contributed by atoms with Gasteiger partial charge in [0.25, 0.3) is 0 Å². The minimum absolute atomic E-state index is 0.180. The van der Waals surface area contributed by atoms with Gasteiger partial charge in [0.1, 0.15) is 5.82 Å². The van der Waals surface area contributed by atoms with Crippen LogP contribution in [-0.4, -0.2) is 24.5 Å². The van der Waals surface area contributed by atoms with Crippen LogP contribution in [0.15, 0.2) is 17.0 Å². The lowest BCUT2D eigenvalue weighted by Gasteiger charge is -2.13. The lowest BCUT2D eigenvalue weighted by molar-refractivity contribution is -0.105. The molecule has 2 amide bonds. The first-order valence-corrected chi connectivity index (χ1v) is 7.01. The van der Waals surface area contributed by atoms with Gasteiger partial charge in [0.05, 0.1) is 11.4 Å². The van der Waals surface area contributed by atoms with Crippen molar-refractivity contribution in [3.8, 4) is 0 Å². The molecular formula is C12H15F4N3OS. The predicted molar refractivity (Wildman–Crippen MR) is 73.7 cm³/mol. The molecule has 0 heterocycles. The maximum atomic E-state index is 13.7. The number of aryl methyl sites for hydroxylation is 1. The van der Waals surface area contributed by atoms with Crippen LogP contribution in [0.25, 0.3) is 0 Å². The molecule has 0 spiro atoms. The van der Waals surface area contributed by atoms with Crippen LogP contribution < -0.4 is 16.2 Å². The fourth-order valence-electron chi connectivity index (χ4n) is 1.39. The molecule has 118 valence electrons. The minimum atomic E-state index is -4.32. The molecule has 0 fully saturated rings. The van der Waals surface area contributed by atoms with Crippen LogP contribution in [0, 0.1) is 12.7 Å². The third kappa shape index (κ3) is 6.21. The molecule has 0 atom stereocenters. The van der Waals surface area contributed by atoms with Gasteiger partial charge in [-0.05, 0) is 24.6 Å². The monoisotopic (exact) mass is 325 g/mol. The van der Waals surface area contributed by atoms with E-state index in [1.165, 1.54) is 13.0 Å². The number of benzene rings is 1. The number of hydrogen-bond donors (Lipinski definition) is 3. The highest BCUT2D eigenvalue weighted by Crippen LogP contribution is 2.32. The summed E-state index contributed by atoms with van der Waals surface area (Å²) in [7, 11) is 0. The molecule has 1 aromatic rings. The molecule has 0 aliphatic heterocycles. The Morgan fingerprint density at radius 3 is 2.57 bits per heavy atom. The van der Waals surface area contributed by atoms with Gasteiger partial charge >= 0.3 is 12.2 Å². The Bertz CT molecular complexity index is 508. The summed E-state index contributed by atoms with van der Waals surface area (Å²) in [5.41, 5.74) is 4.96. The average Bonchev–Trinajstić information content (AvgIpc) is 2.37. The summed E-state index contributed by atoms with van der Waals surface area (Å²) in [6, 6.07) is 1.57. The number of hydrazine groups is 1. The zero-order valence-corrected chi connectivity index (χ0v) is 12.2. The Hall–Kier alpha value is -1.48. The van der Waals surface area contributed by atoms with Crippen molar-refractivity contribution in [2.45, 2.75) is 24.9 Å². The molecule has 0 saturated carbocycles. The predicted octanol–water partition coefficient (Wildman–Crippen LogP) is 3.43. The van der Waals surface area contributed by atoms with Crippen molar-refractivity contribution in [2.75, 3.05) is 17.6 Å². The van der Waals surface area contributed by atoms with Crippen LogP contribution in [0.2, 0.25) is 0 Å². The Morgan fingerprint density at radius 2 is 2.00 bits per heavy atom. The van der Waals surface area contributed by atoms with Crippen molar-refractivity contribution < 1.29 is 22.4 Å². The Morgan fingerprint density at radius 1 is 1.33 bits per heavy atom. The van der Waals surface area contributed by atoms with Gasteiger partial charge in [0.2, 0.25) is 0 Å². The van der Waals surface area contributed by atoms with Crippen molar-refractivity contribution >= 4 is 23.5 Å². The molecule has 0 aliphatic carbocycles. The average molecular weight is 325 g/mol. The highest BCUT2D eigenvalue weighted by atomic mass is 32.2. The van der Waals surface area contributed by atoms with Gasteiger partial charge in [-0.2, -0.15) is 13.2 Å². The lowest BCUT2D eigenvalue weighted by atomic mass is 10.2. The topological polar surface area (TPSA) is 53.2 Å². The zero-order valence-electron chi connectivity index (χ0n) is 11.4. The second-order valence-electron chi connectivity index (χ2n) is 4.11. The molecule has 3 N–H and O–H groups in total. The van der Waals surface area contributed by atoms with Gasteiger partial charge in [-0.1, -0.05) is 6.92 Å². The normalized spacial score (nSPS) is 11.3. The third-order valence-corrected chi connectivity index (χ3v) is 3.51. The van der Waals surface area contributed by atoms with Gasteiger partial charge in [0.15, 0.2) is 0 Å². The van der Waals surface area contributed by atoms with Gasteiger partial charge in [-0.3, -0.25) is 5.43 Å². The number of urea groups is 1. The van der Waals surface area contributed by atoms with E-state index in [1.54, 1.807) is 6.92 Å². The molecule has 1 rings (SSSR count). The Labute approximate surface area is 123 Å². The van der Waals surface area contributed by atoms with Crippen LogP contribution >= 0.6 is 11.8 Å². The maximum absolute atomic E-state index is 13.7. The number of alkyl halides is 3. The molecule has 9 heteroatoms. The summed E-state index contributed by atoms with van der Waals surface area (Å²) >= 11 is 0.543. The van der Waals surface area contributed by atoms with Gasteiger partial charge in [0, 0.05) is 11.4 Å². The van der Waals surface area contributed by atoms with E-state index in [0.29, 0.717) is 23.9 Å². The van der Waals surface area contributed by atoms with E-state index in [1.807, 2.05) is 0 Å². The van der Waals surface area contributed by atoms with E-state index in [0.717, 1.165) is 6.07 Å². The lowest BCUT2D eigenvalue weighted by Crippen LogP contribution is -2.40. The molecular weight excluding hydrogens is 310 g/mol. The second-order valence-corrected chi connectivity index (χ2v) is 5.13. The van der Waals surface area contributed by atoms with E-state index in [-0.39, 0.29) is 10.6 Å². The first-order chi connectivity index (χ1) is 9.73. The van der Waals surface area contributed by atoms with Gasteiger partial charge < -0.3 is 5.32 Å². The summed E-state index contributed by atoms with van der Waals surface area (Å²) in [6.07, 6.45) is -4.32. The molecule has 0 bridgehead atoms. The highest BCUT2D eigenvalue weighted by molar-refractivity contribution is 7.99. The van der Waals surface area contributed by atoms with Gasteiger partial charge in [-0.15, -0.1) is 11.8 Å². The number of carbonyl (C=O) groups is 1. The number of nitrogens with one attached hydrogen (secondary N) is 3. The quantitative estimate of drug-likeness (QED) is 0.442. The standard InChI is InChI=1S/C12H15F4N3OS/c1-3-17-19-11(20)18-9-5-10(7(2)4-8(9)13)21-6-12(14,15)16/h4-5,17H,3,6H2,1-2H3,(H2,18,19,20). The van der Waals surface area contributed by atoms with Crippen molar-refractivity contribution in [1.82, 2.24) is 10.9 Å². The number of anilines is 1. The van der Waals surface area contributed by atoms with Crippen LogP contribution in [0.1, 0.15) is 12.5 Å². The van der Waals surface area contributed by atoms with E-state index < -0.39 is 23.8 Å². The smallest absolute Gasteiger partial charge is 0.304 e. The van der Waals surface area contributed by atoms with Gasteiger partial charge in [-0.25, -0.2) is 14.6 Å². The van der Waals surface area contributed by atoms with E-state index in [2.05, 4.69) is 16.2 Å². The Kier molecular flexibility index (Phi) is 6.28. The van der Waals surface area contributed by atoms with Crippen molar-refractivity contribution in [3.63, 3.8) is 0 Å². The molecule has 21 heavy (non-hydrogen) atoms. The fraction of sp³-hybridized carbons (Fsp3) is 0.417. The SMILES string of the molecule is CCNNC(=O)Nc1cc(SCC(F)(F)F)c(C)cc1F. The number of thioether (sulfide) groups is 1. The van der Waals surface area contributed by atoms with Crippen LogP contribution in [0.3, 0.4) is 0 Å². The maximum Gasteiger partial charge on any atom is 0.398 e. The van der Waals surface area contributed by atoms with Crippen LogP contribution in [-0.2, 0) is 0 Å². The second kappa shape index (κ2) is 7.51. The first kappa shape index (κ1) is 17.6. The fourth-order valence-corrected chi connectivity index (χ4v) is 2.19. The number of carbonyl (C=O) groups excluding carboxylic acids is 1. The summed E-state index contributed by atoms with van der Waals surface area (Å²) < 4.78 is 50.4. The molecule has 0 aliphatic rings. The summed E-state index contributed by atoms with van der Waals surface area (Å²) in [4.78, 5) is 11.7. The number of hydrogen-bond acceptors (Lipinski definition) is 3. The van der Waals surface area contributed by atoms with Crippen LogP contribution in [0.4, 0.5) is 28.0 Å². The molecule has 0 aromatic heterocycles. The molecule has 0 radical (unpaired) electrons. The molecule has 0 saturated heterocycles. The van der Waals surface area contributed by atoms with Crippen molar-refractivity contribution in [3.05, 3.63) is 23.5 Å². The van der Waals surface area contributed by atoms with Crippen LogP contribution in [0.5, 0.6) is 0 Å². The Balaban J connectivity index is 2.83. The third-order valence-electron chi connectivity index (χ3n) is 2.28. The minimum Gasteiger partial charge on any atom is -0.304 e. The summed E-state index contributed by atoms with van der Waals surface area (Å²) in [5, 5.41) is 2.23. The zero-order chi connectivity index (χ0) is 16.0. The highest BCUT2D eigenvalue weighted by Gasteiger charge is 2.27. The molecule has 4 nitrogen and oxygen atoms in total. The number of amides is 2. The summed E-state index contributed by atoms with van der Waals surface area (Å²) in [5.74, 6) is -1.79. The largest absolute Gasteiger partial charge is 0.398 e. The van der Waals surface area contributed by atoms with E-state index >= 15 is 0 Å². The molecule has 1 aromatic carbocycles. The van der Waals surface area contributed by atoms with E-state index in [4.69, 9.17) is 0 Å². The van der Waals surface area contributed by atoms with E-state index in [9.17, 15) is 22.4 Å². The van der Waals surface area contributed by atoms with Crippen molar-refractivity contribution in [1.29, 1.82) is 0 Å². The first-order valence-electron chi connectivity index (χ1n) is 6.02.